The van der Waals surface area contributed by atoms with Gasteiger partial charge in [-0.2, -0.15) is 4.57 Å². The summed E-state index contributed by atoms with van der Waals surface area (Å²) in [6.45, 7) is 3.16. The van der Waals surface area contributed by atoms with E-state index in [1.54, 1.807) is 0 Å². The van der Waals surface area contributed by atoms with Crippen molar-refractivity contribution in [2.24, 2.45) is 0 Å². The van der Waals surface area contributed by atoms with E-state index in [1.165, 1.54) is 26.5 Å². The molecule has 0 N–H and O–H groups in total. The summed E-state index contributed by atoms with van der Waals surface area (Å²) < 4.78 is 4.80. The molecule has 0 saturated heterocycles. The van der Waals surface area contributed by atoms with Crippen LogP contribution >= 0.6 is 27.3 Å². The molecule has 3 rings (SSSR count). The highest BCUT2D eigenvalue weighted by atomic mass is 79.9. The normalized spacial score (nSPS) is 11.5. The minimum absolute atomic E-state index is 0.973. The number of halogens is 1. The summed E-state index contributed by atoms with van der Waals surface area (Å²) in [4.78, 5) is 2.11. The van der Waals surface area contributed by atoms with E-state index >= 15 is 0 Å². The van der Waals surface area contributed by atoms with Crippen LogP contribution in [0.4, 0.5) is 5.69 Å². The van der Waals surface area contributed by atoms with Crippen LogP contribution in [0.1, 0.15) is 17.5 Å². The van der Waals surface area contributed by atoms with E-state index in [1.807, 2.05) is 11.3 Å². The first-order chi connectivity index (χ1) is 11.1. The Balaban J connectivity index is 1.94. The molecular weight excluding hydrogens is 368 g/mol. The van der Waals surface area contributed by atoms with Crippen LogP contribution in [0, 0.1) is 0 Å². The van der Waals surface area contributed by atoms with Crippen LogP contribution in [0.5, 0.6) is 0 Å². The highest BCUT2D eigenvalue weighted by Gasteiger charge is 2.16. The maximum absolute atomic E-state index is 3.56. The fourth-order valence-corrected chi connectivity index (χ4v) is 4.26. The minimum atomic E-state index is 0.973. The molecular formula is C19H20BrN2S+. The van der Waals surface area contributed by atoms with Crippen molar-refractivity contribution in [2.75, 3.05) is 19.0 Å². The van der Waals surface area contributed by atoms with Gasteiger partial charge in [0.05, 0.1) is 0 Å². The Morgan fingerprint density at radius 1 is 1.09 bits per heavy atom. The number of nitrogens with zero attached hydrogens (tertiary/aromatic N) is 2. The molecule has 0 fully saturated rings. The van der Waals surface area contributed by atoms with E-state index < -0.39 is 0 Å². The molecule has 0 aliphatic carbocycles. The molecule has 0 bridgehead atoms. The van der Waals surface area contributed by atoms with Crippen LogP contribution in [0.15, 0.2) is 46.9 Å². The van der Waals surface area contributed by atoms with Crippen molar-refractivity contribution in [1.82, 2.24) is 0 Å². The average Bonchev–Trinajstić information content (AvgIpc) is 2.89. The van der Waals surface area contributed by atoms with E-state index in [9.17, 15) is 0 Å². The van der Waals surface area contributed by atoms with Crippen LogP contribution in [0.25, 0.3) is 22.4 Å². The van der Waals surface area contributed by atoms with Crippen molar-refractivity contribution in [3.05, 3.63) is 57.5 Å². The van der Waals surface area contributed by atoms with Gasteiger partial charge >= 0.3 is 0 Å². The topological polar surface area (TPSA) is 7.12 Å². The fraction of sp³-hybridized carbons (Fsp3) is 0.211. The Morgan fingerprint density at radius 3 is 2.48 bits per heavy atom. The summed E-state index contributed by atoms with van der Waals surface area (Å²) in [6, 6.07) is 15.1. The number of anilines is 1. The lowest BCUT2D eigenvalue weighted by Crippen LogP contribution is -2.33. The molecule has 1 aromatic heterocycles. The second-order valence-electron chi connectivity index (χ2n) is 5.62. The van der Waals surface area contributed by atoms with Crippen molar-refractivity contribution >= 4 is 55.3 Å². The molecule has 2 aromatic carbocycles. The van der Waals surface area contributed by atoms with Gasteiger partial charge in [-0.05, 0) is 42.8 Å². The van der Waals surface area contributed by atoms with Crippen LogP contribution in [-0.2, 0) is 6.54 Å². The van der Waals surface area contributed by atoms with Gasteiger partial charge in [0.25, 0.3) is 5.01 Å². The summed E-state index contributed by atoms with van der Waals surface area (Å²) in [5.74, 6) is 0. The monoisotopic (exact) mass is 387 g/mol. The first kappa shape index (κ1) is 16.2. The van der Waals surface area contributed by atoms with Crippen LogP contribution < -0.4 is 9.47 Å². The lowest BCUT2D eigenvalue weighted by Gasteiger charge is -2.11. The van der Waals surface area contributed by atoms with Crippen molar-refractivity contribution in [3.8, 4) is 0 Å². The first-order valence-electron chi connectivity index (χ1n) is 7.66. The zero-order valence-electron chi connectivity index (χ0n) is 13.6. The third kappa shape index (κ3) is 3.48. The molecule has 0 amide bonds. The molecule has 23 heavy (non-hydrogen) atoms. The van der Waals surface area contributed by atoms with E-state index in [-0.39, 0.29) is 0 Å². The predicted octanol–water partition coefficient (Wildman–Crippen LogP) is 5.21. The molecule has 0 atom stereocenters. The summed E-state index contributed by atoms with van der Waals surface area (Å²) in [6.07, 6.45) is 4.40. The summed E-state index contributed by atoms with van der Waals surface area (Å²) in [5.41, 5.74) is 3.73. The van der Waals surface area contributed by atoms with Crippen LogP contribution in [0.2, 0.25) is 0 Å². The third-order valence-electron chi connectivity index (χ3n) is 3.84. The molecule has 118 valence electrons. The third-order valence-corrected chi connectivity index (χ3v) is 5.44. The van der Waals surface area contributed by atoms with Gasteiger partial charge in [-0.3, -0.25) is 0 Å². The molecule has 4 heteroatoms. The van der Waals surface area contributed by atoms with Gasteiger partial charge in [0.1, 0.15) is 11.2 Å². The van der Waals surface area contributed by atoms with E-state index in [2.05, 4.69) is 101 Å². The quantitative estimate of drug-likeness (QED) is 0.557. The molecule has 0 aliphatic heterocycles. The zero-order chi connectivity index (χ0) is 16.4. The second-order valence-corrected chi connectivity index (χ2v) is 7.59. The maximum Gasteiger partial charge on any atom is 0.262 e. The zero-order valence-corrected chi connectivity index (χ0v) is 16.0. The molecule has 0 saturated carbocycles. The first-order valence-corrected chi connectivity index (χ1v) is 9.27. The largest absolute Gasteiger partial charge is 0.378 e. The lowest BCUT2D eigenvalue weighted by molar-refractivity contribution is -0.665. The number of benzene rings is 2. The molecule has 0 spiro atoms. The fourth-order valence-electron chi connectivity index (χ4n) is 2.58. The van der Waals surface area contributed by atoms with Crippen molar-refractivity contribution in [3.63, 3.8) is 0 Å². The standard InChI is InChI=1S/C19H20BrN2S/c1-4-22-17-11-8-15(20)13-18(17)23-19(22)12-7-14-5-9-16(10-6-14)21(2)3/h5-13H,4H2,1-3H3/q+1. The highest BCUT2D eigenvalue weighted by molar-refractivity contribution is 9.10. The summed E-state index contributed by atoms with van der Waals surface area (Å²) >= 11 is 5.39. The van der Waals surface area contributed by atoms with Crippen LogP contribution in [-0.4, -0.2) is 14.1 Å². The maximum atomic E-state index is 3.56. The van der Waals surface area contributed by atoms with E-state index in [0.717, 1.165) is 11.0 Å². The molecule has 0 radical (unpaired) electrons. The van der Waals surface area contributed by atoms with Gasteiger partial charge in [0.15, 0.2) is 0 Å². The van der Waals surface area contributed by atoms with Gasteiger partial charge in [-0.15, -0.1) is 0 Å². The summed E-state index contributed by atoms with van der Waals surface area (Å²) in [7, 11) is 4.12. The van der Waals surface area contributed by atoms with Gasteiger partial charge in [0.2, 0.25) is 5.52 Å². The Hall–Kier alpha value is -1.65. The van der Waals surface area contributed by atoms with Gasteiger partial charge in [-0.25, -0.2) is 0 Å². The number of fused-ring (bicyclic) bond motifs is 1. The number of rotatable bonds is 4. The van der Waals surface area contributed by atoms with Crippen molar-refractivity contribution in [1.29, 1.82) is 0 Å². The van der Waals surface area contributed by atoms with Gasteiger partial charge in [0, 0.05) is 36.4 Å². The number of hydrogen-bond donors (Lipinski definition) is 0. The number of aromatic nitrogens is 1. The average molecular weight is 388 g/mol. The molecule has 0 unspecified atom stereocenters. The second kappa shape index (κ2) is 6.85. The number of hydrogen-bond acceptors (Lipinski definition) is 2. The number of aryl methyl sites for hydroxylation is 1. The van der Waals surface area contributed by atoms with Gasteiger partial charge < -0.3 is 4.90 Å². The highest BCUT2D eigenvalue weighted by Crippen LogP contribution is 2.25. The predicted molar refractivity (Wildman–Crippen MR) is 105 cm³/mol. The van der Waals surface area contributed by atoms with Crippen molar-refractivity contribution < 1.29 is 4.57 Å². The van der Waals surface area contributed by atoms with Gasteiger partial charge in [-0.1, -0.05) is 39.4 Å². The Morgan fingerprint density at radius 2 is 1.83 bits per heavy atom. The molecule has 1 heterocycles. The van der Waals surface area contributed by atoms with E-state index in [4.69, 9.17) is 0 Å². The molecule has 2 nitrogen and oxygen atoms in total. The van der Waals surface area contributed by atoms with Crippen molar-refractivity contribution in [2.45, 2.75) is 13.5 Å². The Kier molecular flexibility index (Phi) is 4.83. The van der Waals surface area contributed by atoms with E-state index in [0.29, 0.717) is 0 Å². The minimum Gasteiger partial charge on any atom is -0.378 e. The number of thiazole rings is 1. The summed E-state index contributed by atoms with van der Waals surface area (Å²) in [5, 5.41) is 1.28. The molecule has 0 aliphatic rings. The molecule has 3 aromatic rings. The Bertz CT molecular complexity index is 848. The van der Waals surface area contributed by atoms with Crippen LogP contribution in [0.3, 0.4) is 0 Å². The smallest absolute Gasteiger partial charge is 0.262 e. The Labute approximate surface area is 149 Å². The lowest BCUT2D eigenvalue weighted by atomic mass is 10.2. The SMILES string of the molecule is CC[n+]1c(/C=C/c2ccc(N(C)C)cc2)sc2cc(Br)ccc21.